The maximum atomic E-state index is 2.51. The smallest absolute Gasteiger partial charge is 0.00270 e. The highest BCUT2D eigenvalue weighted by Gasteiger charge is 2.50. The Morgan fingerprint density at radius 3 is 1.81 bits per heavy atom. The quantitative estimate of drug-likeness (QED) is 0.694. The summed E-state index contributed by atoms with van der Waals surface area (Å²) in [5.41, 5.74) is 1.57. The van der Waals surface area contributed by atoms with Crippen LogP contribution in [0.2, 0.25) is 0 Å². The lowest BCUT2D eigenvalue weighted by molar-refractivity contribution is 0.155. The molecule has 1 aliphatic carbocycles. The van der Waals surface area contributed by atoms with Crippen LogP contribution in [0.15, 0.2) is 0 Å². The Hall–Kier alpha value is -0.0400. The van der Waals surface area contributed by atoms with E-state index in [2.05, 4.69) is 53.5 Å². The molecule has 0 N–H and O–H groups in total. The predicted octanol–water partition coefficient (Wildman–Crippen LogP) is 4.18. The van der Waals surface area contributed by atoms with Gasteiger partial charge in [0.15, 0.2) is 0 Å². The molecule has 0 aromatic heterocycles. The van der Waals surface area contributed by atoms with Gasteiger partial charge in [0.05, 0.1) is 0 Å². The third-order valence-electron chi connectivity index (χ3n) is 4.16. The lowest BCUT2D eigenvalue weighted by atomic mass is 9.75. The second kappa shape index (κ2) is 4.33. The van der Waals surface area contributed by atoms with Gasteiger partial charge in [-0.05, 0) is 49.1 Å². The van der Waals surface area contributed by atoms with Crippen molar-refractivity contribution < 1.29 is 0 Å². The molecule has 0 heterocycles. The van der Waals surface area contributed by atoms with Gasteiger partial charge in [-0.3, -0.25) is 0 Å². The van der Waals surface area contributed by atoms with Crippen LogP contribution < -0.4 is 0 Å². The molecule has 0 aliphatic heterocycles. The third-order valence-corrected chi connectivity index (χ3v) is 4.16. The van der Waals surface area contributed by atoms with Gasteiger partial charge in [-0.1, -0.05) is 41.5 Å². The van der Waals surface area contributed by atoms with Crippen LogP contribution >= 0.6 is 0 Å². The van der Waals surface area contributed by atoms with Crippen LogP contribution in [0.25, 0.3) is 0 Å². The summed E-state index contributed by atoms with van der Waals surface area (Å²) in [5, 5.41) is 0. The van der Waals surface area contributed by atoms with Gasteiger partial charge in [0.1, 0.15) is 0 Å². The van der Waals surface area contributed by atoms with E-state index < -0.39 is 0 Å². The average Bonchev–Trinajstić information content (AvgIpc) is 2.75. The minimum Gasteiger partial charge on any atom is -0.306 e. The summed E-state index contributed by atoms with van der Waals surface area (Å²) in [6.07, 6.45) is 4.27. The molecule has 1 aliphatic rings. The van der Waals surface area contributed by atoms with Gasteiger partial charge in [-0.2, -0.15) is 0 Å². The van der Waals surface area contributed by atoms with E-state index in [1.807, 2.05) is 0 Å². The SMILES string of the molecule is CN(CCC1(C(C)(C)C)CC1)CC(C)(C)C. The minimum atomic E-state index is 0.424. The van der Waals surface area contributed by atoms with Crippen LogP contribution in [0.1, 0.15) is 60.8 Å². The molecular weight excluding hydrogens is 194 g/mol. The van der Waals surface area contributed by atoms with Gasteiger partial charge in [0.2, 0.25) is 0 Å². The lowest BCUT2D eigenvalue weighted by Gasteiger charge is -2.34. The van der Waals surface area contributed by atoms with Crippen LogP contribution in [0, 0.1) is 16.2 Å². The highest BCUT2D eigenvalue weighted by Crippen LogP contribution is 2.60. The Balaban J connectivity index is 2.36. The molecule has 1 fully saturated rings. The summed E-state index contributed by atoms with van der Waals surface area (Å²) in [5.74, 6) is 0. The van der Waals surface area contributed by atoms with Crippen molar-refractivity contribution in [2.75, 3.05) is 20.1 Å². The van der Waals surface area contributed by atoms with Gasteiger partial charge >= 0.3 is 0 Å². The van der Waals surface area contributed by atoms with Crippen LogP contribution in [0.5, 0.6) is 0 Å². The van der Waals surface area contributed by atoms with Crippen molar-refractivity contribution in [3.05, 3.63) is 0 Å². The van der Waals surface area contributed by atoms with Gasteiger partial charge < -0.3 is 4.90 Å². The fourth-order valence-corrected chi connectivity index (χ4v) is 2.82. The van der Waals surface area contributed by atoms with E-state index in [9.17, 15) is 0 Å². The molecule has 1 saturated carbocycles. The molecule has 1 heteroatoms. The van der Waals surface area contributed by atoms with Crippen molar-refractivity contribution in [2.45, 2.75) is 60.8 Å². The first-order valence-corrected chi connectivity index (χ1v) is 6.74. The molecule has 0 radical (unpaired) electrons. The van der Waals surface area contributed by atoms with Crippen molar-refractivity contribution in [3.8, 4) is 0 Å². The van der Waals surface area contributed by atoms with Gasteiger partial charge in [-0.25, -0.2) is 0 Å². The number of hydrogen-bond acceptors (Lipinski definition) is 1. The van der Waals surface area contributed by atoms with E-state index >= 15 is 0 Å². The molecule has 0 aromatic carbocycles. The number of hydrogen-bond donors (Lipinski definition) is 0. The summed E-state index contributed by atoms with van der Waals surface area (Å²) in [6, 6.07) is 0. The van der Waals surface area contributed by atoms with E-state index in [4.69, 9.17) is 0 Å². The van der Waals surface area contributed by atoms with Crippen molar-refractivity contribution >= 4 is 0 Å². The second-order valence-corrected chi connectivity index (χ2v) is 8.08. The molecule has 0 unspecified atom stereocenters. The van der Waals surface area contributed by atoms with E-state index in [0.717, 1.165) is 0 Å². The standard InChI is InChI=1S/C15H31N/c1-13(2,3)12-16(7)11-10-15(8-9-15)14(4,5)6/h8-12H2,1-7H3. The van der Waals surface area contributed by atoms with E-state index in [-0.39, 0.29) is 0 Å². The normalized spacial score (nSPS) is 20.2. The molecule has 96 valence electrons. The summed E-state index contributed by atoms with van der Waals surface area (Å²) in [7, 11) is 2.27. The van der Waals surface area contributed by atoms with E-state index in [1.54, 1.807) is 0 Å². The zero-order chi connectivity index (χ0) is 12.6. The largest absolute Gasteiger partial charge is 0.306 e. The van der Waals surface area contributed by atoms with Crippen LogP contribution in [-0.4, -0.2) is 25.0 Å². The molecule has 1 rings (SSSR count). The molecule has 16 heavy (non-hydrogen) atoms. The Morgan fingerprint density at radius 1 is 1.00 bits per heavy atom. The number of nitrogens with zero attached hydrogens (tertiary/aromatic N) is 1. The average molecular weight is 225 g/mol. The lowest BCUT2D eigenvalue weighted by Crippen LogP contribution is -2.33. The first-order valence-electron chi connectivity index (χ1n) is 6.74. The van der Waals surface area contributed by atoms with E-state index in [1.165, 1.54) is 32.4 Å². The minimum absolute atomic E-state index is 0.424. The second-order valence-electron chi connectivity index (χ2n) is 8.08. The molecule has 0 amide bonds. The Kier molecular flexibility index (Phi) is 3.79. The molecule has 0 saturated heterocycles. The first-order chi connectivity index (χ1) is 7.06. The molecule has 0 atom stereocenters. The first kappa shape index (κ1) is 14.0. The Morgan fingerprint density at radius 2 is 1.50 bits per heavy atom. The van der Waals surface area contributed by atoms with Crippen LogP contribution in [0.3, 0.4) is 0 Å². The third kappa shape index (κ3) is 3.76. The molecule has 0 spiro atoms. The molecular formula is C15H31N. The summed E-state index contributed by atoms with van der Waals surface area (Å²) in [6.45, 7) is 16.6. The summed E-state index contributed by atoms with van der Waals surface area (Å²) >= 11 is 0. The zero-order valence-corrected chi connectivity index (χ0v) is 12.5. The maximum Gasteiger partial charge on any atom is 0.00270 e. The maximum absolute atomic E-state index is 2.51. The summed E-state index contributed by atoms with van der Waals surface area (Å²) < 4.78 is 0. The molecule has 0 bridgehead atoms. The summed E-state index contributed by atoms with van der Waals surface area (Å²) in [4.78, 5) is 2.51. The highest BCUT2D eigenvalue weighted by molar-refractivity contribution is 5.01. The van der Waals surface area contributed by atoms with E-state index in [0.29, 0.717) is 16.2 Å². The predicted molar refractivity (Wildman–Crippen MR) is 72.7 cm³/mol. The Labute approximate surface area is 103 Å². The monoisotopic (exact) mass is 225 g/mol. The number of rotatable bonds is 4. The van der Waals surface area contributed by atoms with Gasteiger partial charge in [-0.15, -0.1) is 0 Å². The fraction of sp³-hybridized carbons (Fsp3) is 1.00. The highest BCUT2D eigenvalue weighted by atomic mass is 15.1. The van der Waals surface area contributed by atoms with Crippen LogP contribution in [0.4, 0.5) is 0 Å². The fourth-order valence-electron chi connectivity index (χ4n) is 2.82. The molecule has 0 aromatic rings. The van der Waals surface area contributed by atoms with Crippen molar-refractivity contribution in [2.24, 2.45) is 16.2 Å². The Bertz CT molecular complexity index is 225. The molecule has 1 nitrogen and oxygen atoms in total. The van der Waals surface area contributed by atoms with Crippen molar-refractivity contribution in [1.29, 1.82) is 0 Å². The van der Waals surface area contributed by atoms with Crippen molar-refractivity contribution in [3.63, 3.8) is 0 Å². The zero-order valence-electron chi connectivity index (χ0n) is 12.5. The van der Waals surface area contributed by atoms with Gasteiger partial charge in [0, 0.05) is 6.54 Å². The topological polar surface area (TPSA) is 3.24 Å². The van der Waals surface area contributed by atoms with Crippen LogP contribution in [-0.2, 0) is 0 Å². The van der Waals surface area contributed by atoms with Crippen molar-refractivity contribution in [1.82, 2.24) is 4.90 Å². The van der Waals surface area contributed by atoms with Gasteiger partial charge in [0.25, 0.3) is 0 Å².